The zero-order valence-electron chi connectivity index (χ0n) is 17.8. The van der Waals surface area contributed by atoms with Crippen LogP contribution >= 0.6 is 11.8 Å². The van der Waals surface area contributed by atoms with Gasteiger partial charge in [0.2, 0.25) is 5.91 Å². The van der Waals surface area contributed by atoms with Gasteiger partial charge in [0.1, 0.15) is 0 Å². The first-order chi connectivity index (χ1) is 15.0. The molecule has 0 spiro atoms. The molecular formula is C26H26N2O2S. The maximum Gasteiger partial charge on any atom is 0.251 e. The predicted molar refractivity (Wildman–Crippen MR) is 126 cm³/mol. The van der Waals surface area contributed by atoms with Gasteiger partial charge in [0.05, 0.1) is 18.0 Å². The lowest BCUT2D eigenvalue weighted by Crippen LogP contribution is -2.35. The lowest BCUT2D eigenvalue weighted by Gasteiger charge is -2.29. The monoisotopic (exact) mass is 430 g/mol. The fourth-order valence-corrected chi connectivity index (χ4v) is 4.50. The van der Waals surface area contributed by atoms with Crippen molar-refractivity contribution in [2.45, 2.75) is 37.8 Å². The third-order valence-electron chi connectivity index (χ3n) is 5.45. The van der Waals surface area contributed by atoms with Crippen molar-refractivity contribution in [2.24, 2.45) is 0 Å². The van der Waals surface area contributed by atoms with E-state index in [2.05, 4.69) is 43.4 Å². The number of anilines is 1. The highest BCUT2D eigenvalue weighted by Crippen LogP contribution is 2.36. The largest absolute Gasteiger partial charge is 0.348 e. The van der Waals surface area contributed by atoms with E-state index in [0.29, 0.717) is 30.3 Å². The number of nitrogens with zero attached hydrogens (tertiary/aromatic N) is 1. The highest BCUT2D eigenvalue weighted by Gasteiger charge is 2.26. The Balaban J connectivity index is 1.49. The number of thioether (sulfide) groups is 1. The third kappa shape index (κ3) is 5.00. The molecule has 1 heterocycles. The van der Waals surface area contributed by atoms with Crippen LogP contribution in [0.1, 0.15) is 46.8 Å². The lowest BCUT2D eigenvalue weighted by molar-refractivity contribution is -0.116. The molecule has 0 saturated carbocycles. The maximum absolute atomic E-state index is 12.8. The van der Waals surface area contributed by atoms with Gasteiger partial charge >= 0.3 is 0 Å². The number of hydrogen-bond donors (Lipinski definition) is 1. The van der Waals surface area contributed by atoms with Gasteiger partial charge < -0.3 is 10.2 Å². The molecule has 0 radical (unpaired) electrons. The van der Waals surface area contributed by atoms with E-state index >= 15 is 0 Å². The van der Waals surface area contributed by atoms with Crippen molar-refractivity contribution in [3.8, 4) is 0 Å². The van der Waals surface area contributed by atoms with E-state index < -0.39 is 0 Å². The molecule has 0 fully saturated rings. The molecule has 2 amide bonds. The first-order valence-electron chi connectivity index (χ1n) is 10.5. The number of rotatable bonds is 6. The van der Waals surface area contributed by atoms with E-state index in [1.54, 1.807) is 4.90 Å². The summed E-state index contributed by atoms with van der Waals surface area (Å²) in [7, 11) is 0. The van der Waals surface area contributed by atoms with Gasteiger partial charge in [-0.15, -0.1) is 11.8 Å². The lowest BCUT2D eigenvalue weighted by atomic mass is 10.0. The molecule has 0 saturated heterocycles. The molecule has 158 valence electrons. The van der Waals surface area contributed by atoms with E-state index in [4.69, 9.17) is 0 Å². The Morgan fingerprint density at radius 2 is 1.74 bits per heavy atom. The predicted octanol–water partition coefficient (Wildman–Crippen LogP) is 5.38. The molecule has 0 atom stereocenters. The summed E-state index contributed by atoms with van der Waals surface area (Å²) < 4.78 is 0. The molecule has 1 aliphatic heterocycles. The topological polar surface area (TPSA) is 49.4 Å². The highest BCUT2D eigenvalue weighted by molar-refractivity contribution is 8.00. The van der Waals surface area contributed by atoms with Crippen molar-refractivity contribution in [2.75, 3.05) is 10.7 Å². The number of benzene rings is 3. The molecule has 0 unspecified atom stereocenters. The number of nitrogens with one attached hydrogen (secondary N) is 1. The van der Waals surface area contributed by atoms with Crippen LogP contribution in [0.2, 0.25) is 0 Å². The van der Waals surface area contributed by atoms with Crippen LogP contribution in [0.5, 0.6) is 0 Å². The van der Waals surface area contributed by atoms with Crippen LogP contribution in [-0.4, -0.2) is 17.6 Å². The molecule has 31 heavy (non-hydrogen) atoms. The van der Waals surface area contributed by atoms with Crippen molar-refractivity contribution in [3.63, 3.8) is 0 Å². The summed E-state index contributed by atoms with van der Waals surface area (Å²) in [6.07, 6.45) is 0. The molecule has 5 heteroatoms. The Kier molecular flexibility index (Phi) is 6.42. The Morgan fingerprint density at radius 3 is 2.45 bits per heavy atom. The summed E-state index contributed by atoms with van der Waals surface area (Å²) in [5, 5.41) is 3.00. The second-order valence-electron chi connectivity index (χ2n) is 8.02. The van der Waals surface area contributed by atoms with Gasteiger partial charge in [-0.3, -0.25) is 9.59 Å². The fourth-order valence-electron chi connectivity index (χ4n) is 3.59. The summed E-state index contributed by atoms with van der Waals surface area (Å²) in [6, 6.07) is 23.9. The van der Waals surface area contributed by atoms with Crippen LogP contribution in [0.4, 0.5) is 5.69 Å². The highest BCUT2D eigenvalue weighted by atomic mass is 32.2. The van der Waals surface area contributed by atoms with E-state index in [9.17, 15) is 9.59 Å². The van der Waals surface area contributed by atoms with E-state index in [1.165, 1.54) is 17.3 Å². The Bertz CT molecular complexity index is 1080. The quantitative estimate of drug-likeness (QED) is 0.571. The molecule has 4 nitrogen and oxygen atoms in total. The zero-order chi connectivity index (χ0) is 21.8. The SMILES string of the molecule is CC(C)c1ccc(CNC(=O)c2ccc3c(c2)N(Cc2ccccc2)C(=O)CS3)cc1. The average molecular weight is 431 g/mol. The van der Waals surface area contributed by atoms with Crippen molar-refractivity contribution in [1.82, 2.24) is 5.32 Å². The average Bonchev–Trinajstić information content (AvgIpc) is 2.80. The summed E-state index contributed by atoms with van der Waals surface area (Å²) >= 11 is 1.52. The molecule has 0 aliphatic carbocycles. The van der Waals surface area contributed by atoms with Gasteiger partial charge in [-0.25, -0.2) is 0 Å². The molecule has 1 aliphatic rings. The number of hydrogen-bond acceptors (Lipinski definition) is 3. The van der Waals surface area contributed by atoms with E-state index in [-0.39, 0.29) is 11.8 Å². The van der Waals surface area contributed by atoms with E-state index in [0.717, 1.165) is 21.7 Å². The summed E-state index contributed by atoms with van der Waals surface area (Å²) in [5.41, 5.74) is 4.77. The Hall–Kier alpha value is -3.05. The Morgan fingerprint density at radius 1 is 1.00 bits per heavy atom. The normalized spacial score (nSPS) is 13.3. The molecule has 0 aromatic heterocycles. The standard InChI is InChI=1S/C26H26N2O2S/c1-18(2)21-10-8-19(9-11-21)15-27-26(30)22-12-13-24-23(14-22)28(25(29)17-31-24)16-20-6-4-3-5-7-20/h3-14,18H,15-17H2,1-2H3,(H,27,30). The van der Waals surface area contributed by atoms with Gasteiger partial charge in [-0.2, -0.15) is 0 Å². The first-order valence-corrected chi connectivity index (χ1v) is 11.5. The molecule has 3 aromatic carbocycles. The number of carbonyl (C=O) groups is 2. The van der Waals surface area contributed by atoms with E-state index in [1.807, 2.05) is 48.5 Å². The number of fused-ring (bicyclic) bond motifs is 1. The van der Waals surface area contributed by atoms with Crippen LogP contribution in [0.15, 0.2) is 77.7 Å². The van der Waals surface area contributed by atoms with Gasteiger partial charge in [0.15, 0.2) is 0 Å². The van der Waals surface area contributed by atoms with Crippen LogP contribution < -0.4 is 10.2 Å². The van der Waals surface area contributed by atoms with Gasteiger partial charge in [0, 0.05) is 17.0 Å². The van der Waals surface area contributed by atoms with Crippen LogP contribution in [0.3, 0.4) is 0 Å². The zero-order valence-corrected chi connectivity index (χ0v) is 18.6. The minimum absolute atomic E-state index is 0.0594. The summed E-state index contributed by atoms with van der Waals surface area (Å²) in [5.74, 6) is 0.818. The second kappa shape index (κ2) is 9.40. The number of amides is 2. The van der Waals surface area contributed by atoms with Gasteiger partial charge in [0.25, 0.3) is 5.91 Å². The maximum atomic E-state index is 12.8. The minimum atomic E-state index is -0.140. The first kappa shape index (κ1) is 21.2. The van der Waals surface area contributed by atoms with Crippen molar-refractivity contribution in [1.29, 1.82) is 0 Å². The van der Waals surface area contributed by atoms with Crippen molar-refractivity contribution >= 4 is 29.3 Å². The molecule has 0 bridgehead atoms. The smallest absolute Gasteiger partial charge is 0.251 e. The van der Waals surface area contributed by atoms with Gasteiger partial charge in [-0.1, -0.05) is 68.4 Å². The van der Waals surface area contributed by atoms with Crippen LogP contribution in [0.25, 0.3) is 0 Å². The van der Waals surface area contributed by atoms with Crippen LogP contribution in [-0.2, 0) is 17.9 Å². The molecule has 3 aromatic rings. The van der Waals surface area contributed by atoms with Crippen molar-refractivity contribution in [3.05, 3.63) is 95.1 Å². The fraction of sp³-hybridized carbons (Fsp3) is 0.231. The minimum Gasteiger partial charge on any atom is -0.348 e. The van der Waals surface area contributed by atoms with Crippen LogP contribution in [0, 0.1) is 0 Å². The molecule has 4 rings (SSSR count). The Labute approximate surface area is 187 Å². The molecule has 1 N–H and O–H groups in total. The number of carbonyl (C=O) groups excluding carboxylic acids is 2. The second-order valence-corrected chi connectivity index (χ2v) is 9.03. The summed E-state index contributed by atoms with van der Waals surface area (Å²) in [4.78, 5) is 28.2. The van der Waals surface area contributed by atoms with Gasteiger partial charge in [-0.05, 0) is 40.8 Å². The van der Waals surface area contributed by atoms with Crippen molar-refractivity contribution < 1.29 is 9.59 Å². The third-order valence-corrected chi connectivity index (χ3v) is 6.49. The molecular weight excluding hydrogens is 404 g/mol. The summed E-state index contributed by atoms with van der Waals surface area (Å²) in [6.45, 7) is 5.30.